The van der Waals surface area contributed by atoms with E-state index in [-0.39, 0.29) is 0 Å². The molecule has 0 atom stereocenters. The molecule has 0 unspecified atom stereocenters. The van der Waals surface area contributed by atoms with E-state index in [0.29, 0.717) is 6.54 Å². The molecule has 0 bridgehead atoms. The molecule has 0 aromatic rings. The normalized spacial score (nSPS) is 12.4. The smallest absolute Gasteiger partial charge is 0.0342 e. The number of hydrogen-bond donors (Lipinski definition) is 1. The Hall–Kier alpha value is -0.760. The quantitative estimate of drug-likeness (QED) is 0.685. The van der Waals surface area contributed by atoms with Gasteiger partial charge in [0.2, 0.25) is 0 Å². The SMILES string of the molecule is CC(C)C/C=C/N(/C=C/CC(C)C)CCN. The van der Waals surface area contributed by atoms with Crippen LogP contribution in [0.1, 0.15) is 40.5 Å². The van der Waals surface area contributed by atoms with Crippen LogP contribution in [0, 0.1) is 11.8 Å². The molecular formula is C14H28N2. The van der Waals surface area contributed by atoms with Crippen molar-refractivity contribution < 1.29 is 0 Å². The van der Waals surface area contributed by atoms with Crippen molar-refractivity contribution in [2.24, 2.45) is 17.6 Å². The fraction of sp³-hybridized carbons (Fsp3) is 0.714. The lowest BCUT2D eigenvalue weighted by atomic mass is 10.1. The third kappa shape index (κ3) is 9.78. The second-order valence-corrected chi connectivity index (χ2v) is 5.06. The average molecular weight is 224 g/mol. The number of nitrogens with two attached hydrogens (primary N) is 1. The van der Waals surface area contributed by atoms with Gasteiger partial charge in [0.25, 0.3) is 0 Å². The summed E-state index contributed by atoms with van der Waals surface area (Å²) >= 11 is 0. The van der Waals surface area contributed by atoms with E-state index in [0.717, 1.165) is 31.2 Å². The zero-order valence-corrected chi connectivity index (χ0v) is 11.3. The summed E-state index contributed by atoms with van der Waals surface area (Å²) in [6.07, 6.45) is 11.0. The Morgan fingerprint density at radius 2 is 1.38 bits per heavy atom. The summed E-state index contributed by atoms with van der Waals surface area (Å²) in [5.41, 5.74) is 5.58. The van der Waals surface area contributed by atoms with Gasteiger partial charge in [-0.3, -0.25) is 0 Å². The Bertz CT molecular complexity index is 185. The minimum absolute atomic E-state index is 0.692. The highest BCUT2D eigenvalue weighted by Gasteiger charge is 1.94. The number of allylic oxidation sites excluding steroid dienone is 2. The molecule has 16 heavy (non-hydrogen) atoms. The maximum atomic E-state index is 5.58. The largest absolute Gasteiger partial charge is 0.354 e. The lowest BCUT2D eigenvalue weighted by Crippen LogP contribution is -2.19. The maximum Gasteiger partial charge on any atom is 0.0342 e. The molecule has 0 rings (SSSR count). The van der Waals surface area contributed by atoms with Gasteiger partial charge in [0, 0.05) is 13.1 Å². The van der Waals surface area contributed by atoms with Gasteiger partial charge < -0.3 is 10.6 Å². The average Bonchev–Trinajstić information content (AvgIpc) is 2.16. The number of hydrogen-bond acceptors (Lipinski definition) is 2. The summed E-state index contributed by atoms with van der Waals surface area (Å²) < 4.78 is 0. The standard InChI is InChI=1S/C14H28N2/c1-13(2)7-5-10-16(12-9-15)11-6-8-14(3)4/h5-6,10-11,13-14H,7-9,12,15H2,1-4H3/b10-5+,11-6+. The van der Waals surface area contributed by atoms with Gasteiger partial charge in [-0.05, 0) is 37.1 Å². The minimum Gasteiger partial charge on any atom is -0.354 e. The van der Waals surface area contributed by atoms with Gasteiger partial charge in [-0.1, -0.05) is 39.8 Å². The Labute approximate surface area is 101 Å². The van der Waals surface area contributed by atoms with Crippen LogP contribution in [0.3, 0.4) is 0 Å². The molecule has 0 saturated carbocycles. The van der Waals surface area contributed by atoms with E-state index in [1.807, 2.05) is 0 Å². The molecule has 2 nitrogen and oxygen atoms in total. The van der Waals surface area contributed by atoms with E-state index in [4.69, 9.17) is 5.73 Å². The van der Waals surface area contributed by atoms with Crippen molar-refractivity contribution in [1.29, 1.82) is 0 Å². The molecule has 0 aromatic heterocycles. The molecular weight excluding hydrogens is 196 g/mol. The van der Waals surface area contributed by atoms with Crippen LogP contribution in [0.5, 0.6) is 0 Å². The van der Waals surface area contributed by atoms with Gasteiger partial charge in [0.1, 0.15) is 0 Å². The molecule has 0 radical (unpaired) electrons. The topological polar surface area (TPSA) is 29.3 Å². The first-order valence-electron chi connectivity index (χ1n) is 6.35. The molecule has 0 aliphatic heterocycles. The first kappa shape index (κ1) is 15.2. The molecule has 0 heterocycles. The van der Waals surface area contributed by atoms with E-state index in [1.165, 1.54) is 0 Å². The molecule has 2 heteroatoms. The Balaban J connectivity index is 4.05. The van der Waals surface area contributed by atoms with Crippen LogP contribution in [0.25, 0.3) is 0 Å². The zero-order chi connectivity index (χ0) is 12.4. The third-order valence-electron chi connectivity index (χ3n) is 2.20. The molecule has 0 aliphatic carbocycles. The zero-order valence-electron chi connectivity index (χ0n) is 11.3. The van der Waals surface area contributed by atoms with Gasteiger partial charge in [-0.25, -0.2) is 0 Å². The fourth-order valence-electron chi connectivity index (χ4n) is 1.28. The van der Waals surface area contributed by atoms with Crippen molar-refractivity contribution in [1.82, 2.24) is 4.90 Å². The summed E-state index contributed by atoms with van der Waals surface area (Å²) in [6.45, 7) is 10.5. The lowest BCUT2D eigenvalue weighted by Gasteiger charge is -2.14. The minimum atomic E-state index is 0.692. The number of nitrogens with zero attached hydrogens (tertiary/aromatic N) is 1. The highest BCUT2D eigenvalue weighted by atomic mass is 15.1. The molecule has 0 amide bonds. The van der Waals surface area contributed by atoms with Crippen molar-refractivity contribution in [2.45, 2.75) is 40.5 Å². The molecule has 0 aromatic carbocycles. The highest BCUT2D eigenvalue weighted by molar-refractivity contribution is 4.92. The monoisotopic (exact) mass is 224 g/mol. The van der Waals surface area contributed by atoms with Crippen molar-refractivity contribution in [3.8, 4) is 0 Å². The summed E-state index contributed by atoms with van der Waals surface area (Å²) in [4.78, 5) is 2.17. The van der Waals surface area contributed by atoms with Gasteiger partial charge >= 0.3 is 0 Å². The van der Waals surface area contributed by atoms with Crippen LogP contribution in [-0.4, -0.2) is 18.0 Å². The van der Waals surface area contributed by atoms with Gasteiger partial charge in [-0.2, -0.15) is 0 Å². The molecule has 2 N–H and O–H groups in total. The van der Waals surface area contributed by atoms with Crippen LogP contribution in [0.4, 0.5) is 0 Å². The van der Waals surface area contributed by atoms with E-state index in [9.17, 15) is 0 Å². The second kappa shape index (κ2) is 9.46. The highest BCUT2D eigenvalue weighted by Crippen LogP contribution is 2.04. The van der Waals surface area contributed by atoms with Crippen LogP contribution in [-0.2, 0) is 0 Å². The summed E-state index contributed by atoms with van der Waals surface area (Å²) in [6, 6.07) is 0. The maximum absolute atomic E-state index is 5.58. The van der Waals surface area contributed by atoms with Crippen LogP contribution < -0.4 is 5.73 Å². The van der Waals surface area contributed by atoms with Gasteiger partial charge in [0.05, 0.1) is 0 Å². The number of rotatable bonds is 8. The Morgan fingerprint density at radius 3 is 1.69 bits per heavy atom. The molecule has 94 valence electrons. The van der Waals surface area contributed by atoms with Crippen LogP contribution >= 0.6 is 0 Å². The second-order valence-electron chi connectivity index (χ2n) is 5.06. The third-order valence-corrected chi connectivity index (χ3v) is 2.20. The summed E-state index contributed by atoms with van der Waals surface area (Å²) in [7, 11) is 0. The molecule has 0 saturated heterocycles. The first-order chi connectivity index (χ1) is 7.56. The van der Waals surface area contributed by atoms with Crippen molar-refractivity contribution >= 4 is 0 Å². The van der Waals surface area contributed by atoms with Gasteiger partial charge in [0.15, 0.2) is 0 Å². The van der Waals surface area contributed by atoms with Crippen molar-refractivity contribution in [3.05, 3.63) is 24.6 Å². The summed E-state index contributed by atoms with van der Waals surface area (Å²) in [5, 5.41) is 0. The van der Waals surface area contributed by atoms with Crippen molar-refractivity contribution in [3.63, 3.8) is 0 Å². The molecule has 0 aliphatic rings. The summed E-state index contributed by atoms with van der Waals surface area (Å²) in [5.74, 6) is 1.44. The Kier molecular flexibility index (Phi) is 9.02. The van der Waals surface area contributed by atoms with E-state index in [1.54, 1.807) is 0 Å². The van der Waals surface area contributed by atoms with E-state index >= 15 is 0 Å². The first-order valence-corrected chi connectivity index (χ1v) is 6.35. The van der Waals surface area contributed by atoms with Gasteiger partial charge in [-0.15, -0.1) is 0 Å². The van der Waals surface area contributed by atoms with Crippen molar-refractivity contribution in [2.75, 3.05) is 13.1 Å². The molecule has 0 fully saturated rings. The van der Waals surface area contributed by atoms with Crippen LogP contribution in [0.2, 0.25) is 0 Å². The van der Waals surface area contributed by atoms with Crippen LogP contribution in [0.15, 0.2) is 24.6 Å². The lowest BCUT2D eigenvalue weighted by molar-refractivity contribution is 0.506. The molecule has 0 spiro atoms. The van der Waals surface area contributed by atoms with E-state index in [2.05, 4.69) is 57.1 Å². The van der Waals surface area contributed by atoms with E-state index < -0.39 is 0 Å². The predicted octanol–water partition coefficient (Wildman–Crippen LogP) is 3.37. The Morgan fingerprint density at radius 1 is 0.938 bits per heavy atom. The fourth-order valence-corrected chi connectivity index (χ4v) is 1.28. The predicted molar refractivity (Wildman–Crippen MR) is 73.0 cm³/mol.